The topological polar surface area (TPSA) is 69.1 Å². The zero-order valence-electron chi connectivity index (χ0n) is 7.81. The molecule has 0 aromatic heterocycles. The van der Waals surface area contributed by atoms with E-state index >= 15 is 0 Å². The third-order valence-corrected chi connectivity index (χ3v) is 2.41. The first kappa shape index (κ1) is 9.86. The highest BCUT2D eigenvalue weighted by atomic mass is 16.2. The normalized spacial score (nSPS) is 18.1. The summed E-state index contributed by atoms with van der Waals surface area (Å²) < 4.78 is 0. The summed E-state index contributed by atoms with van der Waals surface area (Å²) in [7, 11) is 0. The summed E-state index contributed by atoms with van der Waals surface area (Å²) in [5.41, 5.74) is 8.04. The molecule has 0 bridgehead atoms. The molecule has 0 spiro atoms. The lowest BCUT2D eigenvalue weighted by Crippen LogP contribution is -2.39. The van der Waals surface area contributed by atoms with Gasteiger partial charge in [-0.2, -0.15) is 0 Å². The monoisotopic (exact) mass is 182 g/mol. The van der Waals surface area contributed by atoms with Crippen LogP contribution in [0.5, 0.6) is 0 Å². The van der Waals surface area contributed by atoms with E-state index in [1.807, 2.05) is 0 Å². The Bertz CT molecular complexity index is 226. The summed E-state index contributed by atoms with van der Waals surface area (Å²) in [6.07, 6.45) is 2.12. The highest BCUT2D eigenvalue weighted by Crippen LogP contribution is 2.15. The second-order valence-electron chi connectivity index (χ2n) is 3.45. The molecule has 1 aliphatic rings. The van der Waals surface area contributed by atoms with Gasteiger partial charge in [-0.05, 0) is 24.3 Å². The van der Waals surface area contributed by atoms with Crippen molar-refractivity contribution >= 4 is 5.91 Å². The maximum atomic E-state index is 11.3. The van der Waals surface area contributed by atoms with Crippen molar-refractivity contribution in [1.29, 1.82) is 0 Å². The number of nitrogens with zero attached hydrogens (tertiary/aromatic N) is 4. The quantitative estimate of drug-likeness (QED) is 0.363. The Hall–Kier alpha value is -1.22. The van der Waals surface area contributed by atoms with Crippen LogP contribution >= 0.6 is 0 Å². The minimum absolute atomic E-state index is 0.0368. The van der Waals surface area contributed by atoms with Gasteiger partial charge in [-0.1, -0.05) is 12.0 Å². The van der Waals surface area contributed by atoms with E-state index in [0.717, 1.165) is 25.9 Å². The van der Waals surface area contributed by atoms with Crippen molar-refractivity contribution < 1.29 is 4.79 Å². The molecule has 1 saturated heterocycles. The van der Waals surface area contributed by atoms with Gasteiger partial charge in [0, 0.05) is 18.0 Å². The molecule has 0 aromatic carbocycles. The molecular weight excluding hydrogens is 168 g/mol. The fourth-order valence-electron chi connectivity index (χ4n) is 1.45. The summed E-state index contributed by atoms with van der Waals surface area (Å²) in [5, 5.41) is 3.26. The van der Waals surface area contributed by atoms with E-state index in [1.165, 1.54) is 0 Å². The summed E-state index contributed by atoms with van der Waals surface area (Å²) >= 11 is 0. The first-order chi connectivity index (χ1) is 6.24. The number of rotatable bonds is 2. The van der Waals surface area contributed by atoms with E-state index in [4.69, 9.17) is 5.53 Å². The number of carbonyl (C=O) groups is 1. The lowest BCUT2D eigenvalue weighted by molar-refractivity contribution is -0.130. The predicted octanol–water partition coefficient (Wildman–Crippen LogP) is 1.56. The molecule has 1 heterocycles. The Balaban J connectivity index is 2.35. The molecule has 0 N–H and O–H groups in total. The van der Waals surface area contributed by atoms with Crippen LogP contribution in [0, 0.1) is 5.92 Å². The average Bonchev–Trinajstić information content (AvgIpc) is 2.15. The van der Waals surface area contributed by atoms with Gasteiger partial charge in [0.25, 0.3) is 0 Å². The van der Waals surface area contributed by atoms with Gasteiger partial charge in [-0.15, -0.1) is 0 Å². The molecule has 0 atom stereocenters. The Morgan fingerprint density at radius 3 is 2.77 bits per heavy atom. The van der Waals surface area contributed by atoms with Crippen LogP contribution in [0.1, 0.15) is 19.8 Å². The Labute approximate surface area is 77.3 Å². The van der Waals surface area contributed by atoms with Gasteiger partial charge in [0.2, 0.25) is 5.91 Å². The van der Waals surface area contributed by atoms with Crippen LogP contribution in [0.2, 0.25) is 0 Å². The fourth-order valence-corrected chi connectivity index (χ4v) is 1.45. The summed E-state index contributed by atoms with van der Waals surface area (Å²) in [4.78, 5) is 15.7. The highest BCUT2D eigenvalue weighted by molar-refractivity contribution is 5.78. The first-order valence-corrected chi connectivity index (χ1v) is 4.52. The van der Waals surface area contributed by atoms with Gasteiger partial charge in [-0.25, -0.2) is 0 Å². The van der Waals surface area contributed by atoms with Gasteiger partial charge in [0.15, 0.2) is 0 Å². The van der Waals surface area contributed by atoms with Crippen LogP contribution in [0.3, 0.4) is 0 Å². The number of carbonyl (C=O) groups excluding carboxylic acids is 1. The van der Waals surface area contributed by atoms with E-state index in [-0.39, 0.29) is 12.5 Å². The zero-order chi connectivity index (χ0) is 9.68. The van der Waals surface area contributed by atoms with Crippen LogP contribution in [0.25, 0.3) is 10.4 Å². The van der Waals surface area contributed by atoms with Gasteiger partial charge < -0.3 is 4.90 Å². The van der Waals surface area contributed by atoms with Crippen LogP contribution < -0.4 is 0 Å². The Morgan fingerprint density at radius 2 is 2.23 bits per heavy atom. The fraction of sp³-hybridized carbons (Fsp3) is 0.875. The Morgan fingerprint density at radius 1 is 1.62 bits per heavy atom. The van der Waals surface area contributed by atoms with Gasteiger partial charge >= 0.3 is 0 Å². The minimum Gasteiger partial charge on any atom is -0.343 e. The van der Waals surface area contributed by atoms with Crippen LogP contribution in [-0.2, 0) is 4.79 Å². The molecule has 13 heavy (non-hydrogen) atoms. The number of hydrogen-bond acceptors (Lipinski definition) is 2. The number of piperidine rings is 1. The third kappa shape index (κ3) is 2.95. The lowest BCUT2D eigenvalue weighted by Gasteiger charge is -2.29. The second kappa shape index (κ2) is 4.72. The molecule has 1 amide bonds. The molecular formula is C8H14N4O. The van der Waals surface area contributed by atoms with Crippen molar-refractivity contribution in [3.05, 3.63) is 10.4 Å². The van der Waals surface area contributed by atoms with Crippen molar-refractivity contribution in [2.24, 2.45) is 11.0 Å². The number of azide groups is 1. The second-order valence-corrected chi connectivity index (χ2v) is 3.45. The molecule has 1 rings (SSSR count). The highest BCUT2D eigenvalue weighted by Gasteiger charge is 2.19. The maximum absolute atomic E-state index is 11.3. The molecule has 72 valence electrons. The lowest BCUT2D eigenvalue weighted by atomic mass is 9.99. The van der Waals surface area contributed by atoms with E-state index in [2.05, 4.69) is 16.9 Å². The molecule has 0 saturated carbocycles. The van der Waals surface area contributed by atoms with Gasteiger partial charge in [0.05, 0.1) is 0 Å². The third-order valence-electron chi connectivity index (χ3n) is 2.41. The van der Waals surface area contributed by atoms with E-state index in [0.29, 0.717) is 5.92 Å². The van der Waals surface area contributed by atoms with E-state index < -0.39 is 0 Å². The van der Waals surface area contributed by atoms with E-state index in [1.54, 1.807) is 4.90 Å². The maximum Gasteiger partial charge on any atom is 0.228 e. The molecule has 1 fully saturated rings. The molecule has 0 aliphatic carbocycles. The molecule has 0 radical (unpaired) electrons. The molecule has 0 unspecified atom stereocenters. The summed E-state index contributed by atoms with van der Waals surface area (Å²) in [6.45, 7) is 3.77. The predicted molar refractivity (Wildman–Crippen MR) is 49.0 cm³/mol. The Kier molecular flexibility index (Phi) is 3.58. The first-order valence-electron chi connectivity index (χ1n) is 4.52. The number of hydrogen-bond donors (Lipinski definition) is 0. The average molecular weight is 182 g/mol. The van der Waals surface area contributed by atoms with Crippen molar-refractivity contribution in [1.82, 2.24) is 4.90 Å². The number of likely N-dealkylation sites (tertiary alicyclic amines) is 1. The molecule has 1 aliphatic heterocycles. The van der Waals surface area contributed by atoms with Crippen LogP contribution in [-0.4, -0.2) is 30.4 Å². The molecule has 5 heteroatoms. The van der Waals surface area contributed by atoms with Crippen molar-refractivity contribution in [3.63, 3.8) is 0 Å². The number of amides is 1. The van der Waals surface area contributed by atoms with Gasteiger partial charge in [0.1, 0.15) is 6.54 Å². The largest absolute Gasteiger partial charge is 0.343 e. The minimum atomic E-state index is -0.0512. The standard InChI is InChI=1S/C8H14N4O/c1-7-2-4-12(5-3-7)8(13)6-10-11-9/h7H,2-6H2,1H3. The van der Waals surface area contributed by atoms with Crippen molar-refractivity contribution in [2.75, 3.05) is 19.6 Å². The summed E-state index contributed by atoms with van der Waals surface area (Å²) in [6, 6.07) is 0. The molecule has 5 nitrogen and oxygen atoms in total. The van der Waals surface area contributed by atoms with E-state index in [9.17, 15) is 4.79 Å². The summed E-state index contributed by atoms with van der Waals surface area (Å²) in [5.74, 6) is 0.660. The van der Waals surface area contributed by atoms with Crippen LogP contribution in [0.15, 0.2) is 5.11 Å². The van der Waals surface area contributed by atoms with Gasteiger partial charge in [-0.3, -0.25) is 4.79 Å². The molecule has 0 aromatic rings. The van der Waals surface area contributed by atoms with Crippen LogP contribution in [0.4, 0.5) is 0 Å². The zero-order valence-corrected chi connectivity index (χ0v) is 7.81. The SMILES string of the molecule is CC1CCN(C(=O)CN=[N+]=[N-])CC1. The van der Waals surface area contributed by atoms with Crippen molar-refractivity contribution in [3.8, 4) is 0 Å². The van der Waals surface area contributed by atoms with Crippen molar-refractivity contribution in [2.45, 2.75) is 19.8 Å². The smallest absolute Gasteiger partial charge is 0.228 e.